The fourth-order valence-corrected chi connectivity index (χ4v) is 8.12. The molecule has 9 unspecified atom stereocenters. The van der Waals surface area contributed by atoms with Crippen molar-refractivity contribution in [1.82, 2.24) is 0 Å². The molecule has 3 fully saturated rings. The highest BCUT2D eigenvalue weighted by Crippen LogP contribution is 2.70. The third-order valence-corrected chi connectivity index (χ3v) is 9.11. The second-order valence-electron chi connectivity index (χ2n) is 11.9. The molecule has 0 amide bonds. The van der Waals surface area contributed by atoms with E-state index < -0.39 is 88.4 Å². The predicted molar refractivity (Wildman–Crippen MR) is 143 cm³/mol. The van der Waals surface area contributed by atoms with Gasteiger partial charge in [-0.25, -0.2) is 0 Å². The number of fused-ring (bicyclic) bond motifs is 1. The van der Waals surface area contributed by atoms with Gasteiger partial charge in [0, 0.05) is 47.0 Å². The second kappa shape index (κ2) is 11.5. The topological polar surface area (TPSA) is 167 Å². The number of hydrogen-bond acceptors (Lipinski definition) is 13. The van der Waals surface area contributed by atoms with Crippen LogP contribution in [0.3, 0.4) is 0 Å². The van der Waals surface area contributed by atoms with E-state index in [1.54, 1.807) is 26.0 Å². The molecule has 0 aromatic carbocycles. The van der Waals surface area contributed by atoms with Crippen LogP contribution in [0.4, 0.5) is 0 Å². The van der Waals surface area contributed by atoms with E-state index in [4.69, 9.17) is 33.2 Å². The van der Waals surface area contributed by atoms with Crippen LogP contribution in [-0.4, -0.2) is 77.7 Å². The molecule has 2 bridgehead atoms. The van der Waals surface area contributed by atoms with Gasteiger partial charge in [0.05, 0.1) is 6.61 Å². The molecule has 0 N–H and O–H groups in total. The Balaban J connectivity index is 2.20. The molecule has 4 rings (SSSR count). The largest absolute Gasteiger partial charge is 0.462 e. The minimum atomic E-state index is -2.40. The van der Waals surface area contributed by atoms with Crippen LogP contribution < -0.4 is 0 Å². The summed E-state index contributed by atoms with van der Waals surface area (Å²) in [5.74, 6) is -9.16. The highest BCUT2D eigenvalue weighted by Gasteiger charge is 2.87. The lowest BCUT2D eigenvalue weighted by Crippen LogP contribution is -2.72. The summed E-state index contributed by atoms with van der Waals surface area (Å²) in [5, 5.41) is 0. The van der Waals surface area contributed by atoms with Crippen molar-refractivity contribution in [2.24, 2.45) is 17.3 Å². The second-order valence-corrected chi connectivity index (χ2v) is 11.9. The first-order valence-corrected chi connectivity index (χ1v) is 14.5. The summed E-state index contributed by atoms with van der Waals surface area (Å²) in [5.41, 5.74) is -5.02. The number of allylic oxidation sites excluding steroid dienone is 1. The summed E-state index contributed by atoms with van der Waals surface area (Å²) < 4.78 is 42.8. The quantitative estimate of drug-likeness (QED) is 0.171. The van der Waals surface area contributed by atoms with Crippen molar-refractivity contribution in [3.63, 3.8) is 0 Å². The summed E-state index contributed by atoms with van der Waals surface area (Å²) in [4.78, 5) is 77.4. The Morgan fingerprint density at radius 3 is 2.02 bits per heavy atom. The van der Waals surface area contributed by atoms with E-state index >= 15 is 0 Å². The van der Waals surface area contributed by atoms with Crippen LogP contribution in [-0.2, 0) is 61.9 Å². The zero-order chi connectivity index (χ0) is 32.0. The van der Waals surface area contributed by atoms with E-state index in [9.17, 15) is 28.8 Å². The van der Waals surface area contributed by atoms with Gasteiger partial charge in [0.1, 0.15) is 29.1 Å². The number of rotatable bonds is 8. The highest BCUT2D eigenvalue weighted by molar-refractivity contribution is 5.73. The van der Waals surface area contributed by atoms with Crippen LogP contribution in [0.2, 0.25) is 0 Å². The van der Waals surface area contributed by atoms with Gasteiger partial charge in [-0.1, -0.05) is 13.0 Å². The van der Waals surface area contributed by atoms with Gasteiger partial charge in [0.2, 0.25) is 0 Å². The van der Waals surface area contributed by atoms with E-state index in [-0.39, 0.29) is 32.3 Å². The Kier molecular flexibility index (Phi) is 8.71. The minimum Gasteiger partial charge on any atom is -0.462 e. The fraction of sp³-hybridized carbons (Fsp3) is 0.733. The normalized spacial score (nSPS) is 38.9. The Labute approximate surface area is 249 Å². The lowest BCUT2D eigenvalue weighted by atomic mass is 9.58. The molecule has 3 aliphatic carbocycles. The van der Waals surface area contributed by atoms with E-state index in [0.717, 1.165) is 13.8 Å². The number of esters is 6. The number of hydrogen-bond donors (Lipinski definition) is 0. The Hall–Kier alpha value is -3.48. The van der Waals surface area contributed by atoms with E-state index in [1.165, 1.54) is 20.8 Å². The van der Waals surface area contributed by atoms with Crippen LogP contribution in [0.5, 0.6) is 0 Å². The molecule has 0 aromatic heterocycles. The van der Waals surface area contributed by atoms with Crippen LogP contribution in [0.25, 0.3) is 0 Å². The van der Waals surface area contributed by atoms with Gasteiger partial charge >= 0.3 is 35.8 Å². The summed E-state index contributed by atoms with van der Waals surface area (Å²) >= 11 is 0. The highest BCUT2D eigenvalue weighted by atomic mass is 16.7. The minimum absolute atomic E-state index is 0.0467. The molecule has 9 atom stereocenters. The van der Waals surface area contributed by atoms with Crippen molar-refractivity contribution < 1.29 is 61.9 Å². The van der Waals surface area contributed by atoms with Crippen molar-refractivity contribution in [3.05, 3.63) is 12.2 Å². The predicted octanol–water partition coefficient (Wildman–Crippen LogP) is 2.46. The molecule has 0 radical (unpaired) electrons. The molecule has 43 heavy (non-hydrogen) atoms. The van der Waals surface area contributed by atoms with Crippen LogP contribution in [0.1, 0.15) is 80.6 Å². The van der Waals surface area contributed by atoms with Gasteiger partial charge < -0.3 is 33.2 Å². The van der Waals surface area contributed by atoms with Crippen LogP contribution >= 0.6 is 0 Å². The molecule has 2 saturated carbocycles. The van der Waals surface area contributed by atoms with Gasteiger partial charge in [0.25, 0.3) is 5.79 Å². The number of carbonyl (C=O) groups excluding carboxylic acids is 6. The molecular formula is C30H40O13. The van der Waals surface area contributed by atoms with Crippen molar-refractivity contribution in [1.29, 1.82) is 0 Å². The third-order valence-electron chi connectivity index (χ3n) is 9.11. The Morgan fingerprint density at radius 1 is 0.837 bits per heavy atom. The van der Waals surface area contributed by atoms with Crippen molar-refractivity contribution in [2.75, 3.05) is 6.61 Å². The average Bonchev–Trinajstić information content (AvgIpc) is 3.37. The molecule has 13 heteroatoms. The standard InChI is InChI=1S/C30H40O13/c1-8-10-24(36)43-30(42-20(6)35)25-21(38-16(2)31)13-14-29(25,41-19(5)34)26(40-18(4)33)27(7)22-11-9-12-23(39-17(3)32)28(22,30)15-37-27/h9,12,21-23,25-26H,8,10-11,13-15H2,1-7H3. The van der Waals surface area contributed by atoms with Gasteiger partial charge in [-0.05, 0) is 38.7 Å². The van der Waals surface area contributed by atoms with Crippen LogP contribution in [0.15, 0.2) is 12.2 Å². The van der Waals surface area contributed by atoms with Crippen molar-refractivity contribution in [3.8, 4) is 0 Å². The smallest absolute Gasteiger partial charge is 0.309 e. The molecular weight excluding hydrogens is 568 g/mol. The molecule has 238 valence electrons. The van der Waals surface area contributed by atoms with Gasteiger partial charge in [-0.2, -0.15) is 0 Å². The first-order chi connectivity index (χ1) is 20.1. The molecule has 1 heterocycles. The van der Waals surface area contributed by atoms with Gasteiger partial charge in [-0.3, -0.25) is 28.8 Å². The molecule has 0 spiro atoms. The summed E-state index contributed by atoms with van der Waals surface area (Å²) in [7, 11) is 0. The number of ether oxygens (including phenoxy) is 7. The zero-order valence-electron chi connectivity index (χ0n) is 25.6. The van der Waals surface area contributed by atoms with Gasteiger partial charge in [-0.15, -0.1) is 0 Å². The first-order valence-electron chi connectivity index (χ1n) is 14.5. The molecule has 4 aliphatic rings. The van der Waals surface area contributed by atoms with Gasteiger partial charge in [0.15, 0.2) is 11.7 Å². The maximum atomic E-state index is 13.6. The summed E-state index contributed by atoms with van der Waals surface area (Å²) in [6.45, 7) is 9.00. The van der Waals surface area contributed by atoms with E-state index in [2.05, 4.69) is 0 Å². The maximum Gasteiger partial charge on any atom is 0.309 e. The monoisotopic (exact) mass is 608 g/mol. The molecule has 0 aromatic rings. The summed E-state index contributed by atoms with van der Waals surface area (Å²) in [6.07, 6.45) is 0.161. The molecule has 1 saturated heterocycles. The van der Waals surface area contributed by atoms with Crippen molar-refractivity contribution in [2.45, 2.75) is 116 Å². The number of carbonyl (C=O) groups is 6. The SMILES string of the molecule is CCCC(=O)OC1(OC(C)=O)C2C(OC(C)=O)CCC2(OC(C)=O)C(OC(C)=O)C2(C)OCC13C(OC(C)=O)C=CCC23. The Morgan fingerprint density at radius 2 is 1.47 bits per heavy atom. The van der Waals surface area contributed by atoms with Crippen molar-refractivity contribution >= 4 is 35.8 Å². The first kappa shape index (κ1) is 32.4. The molecule has 13 nitrogen and oxygen atoms in total. The van der Waals surface area contributed by atoms with E-state index in [0.29, 0.717) is 6.42 Å². The zero-order valence-corrected chi connectivity index (χ0v) is 25.6. The fourth-order valence-electron chi connectivity index (χ4n) is 8.12. The third kappa shape index (κ3) is 5.08. The summed E-state index contributed by atoms with van der Waals surface area (Å²) in [6, 6.07) is 0. The van der Waals surface area contributed by atoms with E-state index in [1.807, 2.05) is 0 Å². The molecule has 1 aliphatic heterocycles. The maximum absolute atomic E-state index is 13.6. The Bertz CT molecular complexity index is 1230. The lowest BCUT2D eigenvalue weighted by molar-refractivity contribution is -0.346. The average molecular weight is 609 g/mol. The van der Waals surface area contributed by atoms with Crippen LogP contribution in [0, 0.1) is 17.3 Å². The lowest BCUT2D eigenvalue weighted by Gasteiger charge is -2.55.